The molecule has 4 N–H and O–H groups in total. The van der Waals surface area contributed by atoms with Gasteiger partial charge in [-0.1, -0.05) is 13.3 Å². The number of carboxylic acids is 1. The second-order valence-corrected chi connectivity index (χ2v) is 6.40. The number of aliphatic carboxylic acids is 1. The average Bonchev–Trinajstić information content (AvgIpc) is 3.12. The van der Waals surface area contributed by atoms with Crippen LogP contribution < -0.4 is 16.0 Å². The first kappa shape index (κ1) is 18.8. The largest absolute Gasteiger partial charge is 0.480 e. The summed E-state index contributed by atoms with van der Waals surface area (Å²) in [4.78, 5) is 35.4. The van der Waals surface area contributed by atoms with E-state index in [1.165, 1.54) is 6.26 Å². The summed E-state index contributed by atoms with van der Waals surface area (Å²) in [6.45, 7) is 2.01. The van der Waals surface area contributed by atoms with Crippen LogP contribution in [-0.2, 0) is 16.1 Å². The monoisotopic (exact) mass is 351 g/mol. The second kappa shape index (κ2) is 8.55. The van der Waals surface area contributed by atoms with Crippen molar-refractivity contribution in [3.8, 4) is 0 Å². The van der Waals surface area contributed by atoms with Crippen molar-refractivity contribution in [2.75, 3.05) is 6.54 Å². The fourth-order valence-corrected chi connectivity index (χ4v) is 3.09. The highest BCUT2D eigenvalue weighted by Gasteiger charge is 2.42. The summed E-state index contributed by atoms with van der Waals surface area (Å²) in [6, 6.07) is 2.91. The predicted octanol–water partition coefficient (Wildman–Crippen LogP) is 1.62. The van der Waals surface area contributed by atoms with Gasteiger partial charge in [0.2, 0.25) is 5.91 Å². The highest BCUT2D eigenvalue weighted by atomic mass is 16.4. The van der Waals surface area contributed by atoms with Crippen LogP contribution in [0.3, 0.4) is 0 Å². The molecule has 0 atom stereocenters. The van der Waals surface area contributed by atoms with Crippen LogP contribution in [0.5, 0.6) is 0 Å². The molecule has 1 aromatic heterocycles. The molecule has 0 saturated heterocycles. The molecule has 8 heteroatoms. The quantitative estimate of drug-likeness (QED) is 0.595. The smallest absolute Gasteiger partial charge is 0.329 e. The van der Waals surface area contributed by atoms with E-state index in [4.69, 9.17) is 4.42 Å². The first-order valence-electron chi connectivity index (χ1n) is 8.53. The molecule has 0 bridgehead atoms. The van der Waals surface area contributed by atoms with Gasteiger partial charge in [0.05, 0.1) is 19.4 Å². The van der Waals surface area contributed by atoms with Crippen LogP contribution in [0.15, 0.2) is 22.8 Å². The topological polar surface area (TPSA) is 121 Å². The number of rotatable bonds is 7. The zero-order valence-corrected chi connectivity index (χ0v) is 14.3. The third-order valence-electron chi connectivity index (χ3n) is 4.74. The zero-order chi connectivity index (χ0) is 18.3. The fourth-order valence-electron chi connectivity index (χ4n) is 3.09. The van der Waals surface area contributed by atoms with Gasteiger partial charge in [-0.25, -0.2) is 9.59 Å². The van der Waals surface area contributed by atoms with Crippen LogP contribution in [0.4, 0.5) is 4.79 Å². The molecule has 0 radical (unpaired) electrons. The Morgan fingerprint density at radius 2 is 2.00 bits per heavy atom. The van der Waals surface area contributed by atoms with Gasteiger partial charge in [-0.2, -0.15) is 0 Å². The average molecular weight is 351 g/mol. The van der Waals surface area contributed by atoms with Crippen LogP contribution in [0.2, 0.25) is 0 Å². The third-order valence-corrected chi connectivity index (χ3v) is 4.74. The van der Waals surface area contributed by atoms with Crippen molar-refractivity contribution >= 4 is 17.9 Å². The SMILES string of the molecule is CCC1CCC(NC(=O)CNC(=O)NCc2ccco2)(C(=O)O)CC1. The molecular formula is C17H25N3O5. The molecule has 0 spiro atoms. The number of urea groups is 1. The Labute approximate surface area is 146 Å². The van der Waals surface area contributed by atoms with E-state index < -0.39 is 23.4 Å². The molecule has 1 aromatic rings. The molecule has 1 fully saturated rings. The Morgan fingerprint density at radius 1 is 1.28 bits per heavy atom. The lowest BCUT2D eigenvalue weighted by Gasteiger charge is -2.37. The lowest BCUT2D eigenvalue weighted by atomic mass is 9.75. The van der Waals surface area contributed by atoms with E-state index in [2.05, 4.69) is 22.9 Å². The Hall–Kier alpha value is -2.51. The van der Waals surface area contributed by atoms with Gasteiger partial charge in [0.25, 0.3) is 0 Å². The first-order chi connectivity index (χ1) is 11.9. The molecule has 0 aromatic carbocycles. The Bertz CT molecular complexity index is 591. The second-order valence-electron chi connectivity index (χ2n) is 6.40. The molecule has 2 rings (SSSR count). The molecule has 3 amide bonds. The fraction of sp³-hybridized carbons (Fsp3) is 0.588. The maximum atomic E-state index is 12.1. The minimum Gasteiger partial charge on any atom is -0.480 e. The number of hydrogen-bond acceptors (Lipinski definition) is 4. The summed E-state index contributed by atoms with van der Waals surface area (Å²) < 4.78 is 5.08. The van der Waals surface area contributed by atoms with Crippen molar-refractivity contribution < 1.29 is 23.9 Å². The van der Waals surface area contributed by atoms with E-state index in [-0.39, 0.29) is 13.1 Å². The Balaban J connectivity index is 1.77. The van der Waals surface area contributed by atoms with Crippen molar-refractivity contribution in [1.29, 1.82) is 0 Å². The van der Waals surface area contributed by atoms with Gasteiger partial charge < -0.3 is 25.5 Å². The molecule has 0 unspecified atom stereocenters. The Morgan fingerprint density at radius 3 is 2.56 bits per heavy atom. The third kappa shape index (κ3) is 5.23. The Kier molecular flexibility index (Phi) is 6.44. The van der Waals surface area contributed by atoms with Crippen molar-refractivity contribution in [1.82, 2.24) is 16.0 Å². The molecule has 1 saturated carbocycles. The van der Waals surface area contributed by atoms with Crippen LogP contribution in [-0.4, -0.2) is 35.1 Å². The number of carbonyl (C=O) groups is 3. The summed E-state index contributed by atoms with van der Waals surface area (Å²) in [5.74, 6) is -0.421. The van der Waals surface area contributed by atoms with Gasteiger partial charge in [-0.3, -0.25) is 4.79 Å². The number of carboxylic acid groups (broad SMARTS) is 1. The molecule has 0 aliphatic heterocycles. The molecule has 25 heavy (non-hydrogen) atoms. The van der Waals surface area contributed by atoms with Crippen LogP contribution in [0, 0.1) is 5.92 Å². The van der Waals surface area contributed by atoms with Crippen molar-refractivity contribution in [3.05, 3.63) is 24.2 Å². The van der Waals surface area contributed by atoms with Crippen molar-refractivity contribution in [2.45, 2.75) is 51.1 Å². The van der Waals surface area contributed by atoms with Crippen LogP contribution in [0.25, 0.3) is 0 Å². The molecule has 1 heterocycles. The lowest BCUT2D eigenvalue weighted by Crippen LogP contribution is -2.58. The van der Waals surface area contributed by atoms with E-state index in [1.807, 2.05) is 0 Å². The van der Waals surface area contributed by atoms with Crippen molar-refractivity contribution in [3.63, 3.8) is 0 Å². The maximum absolute atomic E-state index is 12.1. The summed E-state index contributed by atoms with van der Waals surface area (Å²) in [7, 11) is 0. The van der Waals surface area contributed by atoms with E-state index >= 15 is 0 Å². The zero-order valence-electron chi connectivity index (χ0n) is 14.3. The standard InChI is InChI=1S/C17H25N3O5/c1-2-12-5-7-17(8-6-12,15(22)23)20-14(21)11-19-16(24)18-10-13-4-3-9-25-13/h3-4,9,12H,2,5-8,10-11H2,1H3,(H,20,21)(H,22,23)(H2,18,19,24). The minimum atomic E-state index is -1.23. The summed E-state index contributed by atoms with van der Waals surface area (Å²) >= 11 is 0. The maximum Gasteiger partial charge on any atom is 0.329 e. The number of carbonyl (C=O) groups excluding carboxylic acids is 2. The van der Waals surface area contributed by atoms with E-state index in [0.29, 0.717) is 24.5 Å². The number of hydrogen-bond donors (Lipinski definition) is 4. The molecule has 138 valence electrons. The van der Waals surface area contributed by atoms with Crippen LogP contribution >= 0.6 is 0 Å². The van der Waals surface area contributed by atoms with E-state index in [0.717, 1.165) is 19.3 Å². The highest BCUT2D eigenvalue weighted by molar-refractivity contribution is 5.89. The highest BCUT2D eigenvalue weighted by Crippen LogP contribution is 2.33. The summed E-state index contributed by atoms with van der Waals surface area (Å²) in [6.07, 6.45) is 4.90. The molecule has 1 aliphatic rings. The normalized spacial score (nSPS) is 22.8. The molecule has 8 nitrogen and oxygen atoms in total. The van der Waals surface area contributed by atoms with Crippen LogP contribution in [0.1, 0.15) is 44.8 Å². The van der Waals surface area contributed by atoms with Gasteiger partial charge >= 0.3 is 12.0 Å². The van der Waals surface area contributed by atoms with Gasteiger partial charge in [0.1, 0.15) is 11.3 Å². The molecule has 1 aliphatic carbocycles. The predicted molar refractivity (Wildman–Crippen MR) is 89.7 cm³/mol. The number of amides is 3. The van der Waals surface area contributed by atoms with Gasteiger partial charge in [-0.05, 0) is 43.7 Å². The number of nitrogens with one attached hydrogen (secondary N) is 3. The summed E-state index contributed by atoms with van der Waals surface area (Å²) in [5, 5.41) is 17.1. The van der Waals surface area contributed by atoms with Gasteiger partial charge in [0.15, 0.2) is 0 Å². The lowest BCUT2D eigenvalue weighted by molar-refractivity contribution is -0.149. The van der Waals surface area contributed by atoms with E-state index in [9.17, 15) is 19.5 Å². The van der Waals surface area contributed by atoms with Crippen molar-refractivity contribution in [2.24, 2.45) is 5.92 Å². The minimum absolute atomic E-state index is 0.206. The first-order valence-corrected chi connectivity index (χ1v) is 8.53. The van der Waals surface area contributed by atoms with E-state index in [1.54, 1.807) is 12.1 Å². The molecular weight excluding hydrogens is 326 g/mol. The number of furan rings is 1. The summed E-state index contributed by atoms with van der Waals surface area (Å²) in [5.41, 5.74) is -1.23. The van der Waals surface area contributed by atoms with Gasteiger partial charge in [0, 0.05) is 0 Å². The van der Waals surface area contributed by atoms with Gasteiger partial charge in [-0.15, -0.1) is 0 Å².